The molecule has 0 spiro atoms. The zero-order valence-electron chi connectivity index (χ0n) is 11.5. The molecule has 1 aromatic heterocycles. The van der Waals surface area contributed by atoms with Crippen LogP contribution >= 0.6 is 0 Å². The van der Waals surface area contributed by atoms with Gasteiger partial charge in [0.25, 0.3) is 0 Å². The number of aromatic nitrogens is 2. The Hall–Kier alpha value is -0.920. The van der Waals surface area contributed by atoms with Gasteiger partial charge in [0.2, 0.25) is 10.0 Å². The van der Waals surface area contributed by atoms with Gasteiger partial charge in [0.05, 0.1) is 11.9 Å². The number of rotatable bonds is 4. The Morgan fingerprint density at radius 3 is 2.79 bits per heavy atom. The van der Waals surface area contributed by atoms with E-state index in [2.05, 4.69) is 5.10 Å². The fraction of sp³-hybridized carbons (Fsp3) is 0.750. The molecule has 1 atom stereocenters. The minimum absolute atomic E-state index is 0.0309. The van der Waals surface area contributed by atoms with E-state index in [1.165, 1.54) is 6.20 Å². The van der Waals surface area contributed by atoms with Crippen LogP contribution in [0.5, 0.6) is 0 Å². The molecule has 19 heavy (non-hydrogen) atoms. The van der Waals surface area contributed by atoms with Gasteiger partial charge in [0, 0.05) is 19.6 Å². The van der Waals surface area contributed by atoms with Crippen molar-refractivity contribution in [2.24, 2.45) is 12.8 Å². The van der Waals surface area contributed by atoms with Crippen molar-refractivity contribution in [3.8, 4) is 0 Å². The molecule has 2 rings (SSSR count). The van der Waals surface area contributed by atoms with Crippen molar-refractivity contribution in [2.45, 2.75) is 43.5 Å². The molecule has 0 aromatic carbocycles. The normalized spacial score (nSPS) is 21.7. The van der Waals surface area contributed by atoms with Crippen LogP contribution in [0, 0.1) is 6.92 Å². The number of nitrogens with zero attached hydrogens (tertiary/aromatic N) is 3. The smallest absolute Gasteiger partial charge is 0.246 e. The molecule has 6 nitrogen and oxygen atoms in total. The van der Waals surface area contributed by atoms with Gasteiger partial charge in [-0.3, -0.25) is 4.68 Å². The molecule has 0 amide bonds. The second-order valence-electron chi connectivity index (χ2n) is 5.06. The van der Waals surface area contributed by atoms with Gasteiger partial charge in [-0.15, -0.1) is 0 Å². The van der Waals surface area contributed by atoms with Gasteiger partial charge in [0.15, 0.2) is 0 Å². The zero-order valence-corrected chi connectivity index (χ0v) is 12.4. The molecular formula is C12H22N4O2S. The van der Waals surface area contributed by atoms with Crippen LogP contribution in [-0.4, -0.2) is 41.6 Å². The Labute approximate surface area is 114 Å². The molecule has 1 unspecified atom stereocenters. The molecule has 0 bridgehead atoms. The first-order chi connectivity index (χ1) is 8.98. The Bertz CT molecular complexity index is 536. The summed E-state index contributed by atoms with van der Waals surface area (Å²) in [5, 5.41) is 4.03. The Morgan fingerprint density at radius 2 is 2.21 bits per heavy atom. The van der Waals surface area contributed by atoms with Crippen LogP contribution in [0.3, 0.4) is 0 Å². The molecular weight excluding hydrogens is 264 g/mol. The summed E-state index contributed by atoms with van der Waals surface area (Å²) >= 11 is 0. The summed E-state index contributed by atoms with van der Waals surface area (Å²) in [5.74, 6) is 0. The average molecular weight is 286 g/mol. The molecule has 108 valence electrons. The largest absolute Gasteiger partial charge is 0.330 e. The van der Waals surface area contributed by atoms with Crippen molar-refractivity contribution in [1.29, 1.82) is 0 Å². The van der Waals surface area contributed by atoms with Crippen molar-refractivity contribution in [3.63, 3.8) is 0 Å². The van der Waals surface area contributed by atoms with Gasteiger partial charge in [-0.1, -0.05) is 6.42 Å². The van der Waals surface area contributed by atoms with E-state index >= 15 is 0 Å². The topological polar surface area (TPSA) is 81.2 Å². The molecule has 2 N–H and O–H groups in total. The van der Waals surface area contributed by atoms with Crippen LogP contribution in [0.25, 0.3) is 0 Å². The van der Waals surface area contributed by atoms with Crippen LogP contribution in [0.1, 0.15) is 31.4 Å². The number of aryl methyl sites for hydroxylation is 1. The van der Waals surface area contributed by atoms with Crippen molar-refractivity contribution < 1.29 is 8.42 Å². The van der Waals surface area contributed by atoms with Crippen molar-refractivity contribution in [1.82, 2.24) is 14.1 Å². The van der Waals surface area contributed by atoms with Gasteiger partial charge < -0.3 is 5.73 Å². The molecule has 1 fully saturated rings. The highest BCUT2D eigenvalue weighted by Gasteiger charge is 2.34. The highest BCUT2D eigenvalue weighted by atomic mass is 32.2. The van der Waals surface area contributed by atoms with E-state index in [0.717, 1.165) is 25.7 Å². The van der Waals surface area contributed by atoms with Crippen molar-refractivity contribution in [3.05, 3.63) is 11.9 Å². The quantitative estimate of drug-likeness (QED) is 0.880. The number of hydrogen-bond acceptors (Lipinski definition) is 4. The minimum Gasteiger partial charge on any atom is -0.330 e. The Kier molecular flexibility index (Phi) is 4.27. The van der Waals surface area contributed by atoms with Crippen LogP contribution < -0.4 is 5.73 Å². The van der Waals surface area contributed by atoms with E-state index in [1.807, 2.05) is 0 Å². The lowest BCUT2D eigenvalue weighted by atomic mass is 10.0. The van der Waals surface area contributed by atoms with Gasteiger partial charge in [0.1, 0.15) is 4.90 Å². The predicted molar refractivity (Wildman–Crippen MR) is 73.1 cm³/mol. The standard InChI is InChI=1S/C12H22N4O2S/c1-10-12(9-14-15(10)2)19(17,18)16-8-4-3-5-11(16)6-7-13/h9,11H,3-8,13H2,1-2H3. The van der Waals surface area contributed by atoms with E-state index < -0.39 is 10.0 Å². The van der Waals surface area contributed by atoms with E-state index in [1.54, 1.807) is 23.0 Å². The number of hydrogen-bond donors (Lipinski definition) is 1. The maximum atomic E-state index is 12.7. The number of nitrogens with two attached hydrogens (primary N) is 1. The summed E-state index contributed by atoms with van der Waals surface area (Å²) in [7, 11) is -1.70. The number of piperidine rings is 1. The van der Waals surface area contributed by atoms with E-state index in [4.69, 9.17) is 5.73 Å². The summed E-state index contributed by atoms with van der Waals surface area (Å²) in [5.41, 5.74) is 6.28. The summed E-state index contributed by atoms with van der Waals surface area (Å²) in [6, 6.07) is 0.0309. The highest BCUT2D eigenvalue weighted by Crippen LogP contribution is 2.27. The van der Waals surface area contributed by atoms with Crippen molar-refractivity contribution in [2.75, 3.05) is 13.1 Å². The third-order valence-corrected chi connectivity index (χ3v) is 5.90. The molecule has 0 aliphatic carbocycles. The average Bonchev–Trinajstić information content (AvgIpc) is 2.71. The minimum atomic E-state index is -3.45. The summed E-state index contributed by atoms with van der Waals surface area (Å²) in [6.45, 7) is 2.88. The first kappa shape index (κ1) is 14.5. The molecule has 1 saturated heterocycles. The Balaban J connectivity index is 2.34. The van der Waals surface area contributed by atoms with E-state index in [-0.39, 0.29) is 6.04 Å². The van der Waals surface area contributed by atoms with Crippen LogP contribution in [-0.2, 0) is 17.1 Å². The molecule has 0 saturated carbocycles. The molecule has 1 aliphatic heterocycles. The predicted octanol–water partition coefficient (Wildman–Crippen LogP) is 0.621. The van der Waals surface area contributed by atoms with E-state index in [0.29, 0.717) is 23.7 Å². The monoisotopic (exact) mass is 286 g/mol. The second kappa shape index (κ2) is 5.60. The zero-order chi connectivity index (χ0) is 14.0. The molecule has 7 heteroatoms. The lowest BCUT2D eigenvalue weighted by Gasteiger charge is -2.34. The van der Waals surface area contributed by atoms with Crippen LogP contribution in [0.2, 0.25) is 0 Å². The van der Waals surface area contributed by atoms with Gasteiger partial charge in [-0.05, 0) is 32.7 Å². The first-order valence-corrected chi connectivity index (χ1v) is 8.13. The van der Waals surface area contributed by atoms with Gasteiger partial charge in [-0.25, -0.2) is 8.42 Å². The lowest BCUT2D eigenvalue weighted by molar-refractivity contribution is 0.243. The SMILES string of the molecule is Cc1c(S(=O)(=O)N2CCCCC2CCN)cnn1C. The lowest BCUT2D eigenvalue weighted by Crippen LogP contribution is -2.44. The molecule has 1 aromatic rings. The van der Waals surface area contributed by atoms with Crippen LogP contribution in [0.4, 0.5) is 0 Å². The molecule has 2 heterocycles. The van der Waals surface area contributed by atoms with Crippen LogP contribution in [0.15, 0.2) is 11.1 Å². The second-order valence-corrected chi connectivity index (χ2v) is 6.92. The van der Waals surface area contributed by atoms with Gasteiger partial charge >= 0.3 is 0 Å². The molecule has 1 aliphatic rings. The third kappa shape index (κ3) is 2.68. The number of sulfonamides is 1. The van der Waals surface area contributed by atoms with Gasteiger partial charge in [-0.2, -0.15) is 9.40 Å². The maximum absolute atomic E-state index is 12.7. The van der Waals surface area contributed by atoms with E-state index in [9.17, 15) is 8.42 Å². The molecule has 0 radical (unpaired) electrons. The Morgan fingerprint density at radius 1 is 1.47 bits per heavy atom. The summed E-state index contributed by atoms with van der Waals surface area (Å²) in [6.07, 6.45) is 5.05. The first-order valence-electron chi connectivity index (χ1n) is 6.69. The third-order valence-electron chi connectivity index (χ3n) is 3.85. The summed E-state index contributed by atoms with van der Waals surface area (Å²) in [4.78, 5) is 0.318. The highest BCUT2D eigenvalue weighted by molar-refractivity contribution is 7.89. The summed E-state index contributed by atoms with van der Waals surface area (Å²) < 4.78 is 28.7. The fourth-order valence-electron chi connectivity index (χ4n) is 2.63. The maximum Gasteiger partial charge on any atom is 0.246 e. The fourth-order valence-corrected chi connectivity index (χ4v) is 4.54. The van der Waals surface area contributed by atoms with Crippen molar-refractivity contribution >= 4 is 10.0 Å².